The highest BCUT2D eigenvalue weighted by Gasteiger charge is 2.30. The number of sulfonamides is 1. The molecule has 1 aromatic carbocycles. The van der Waals surface area contributed by atoms with E-state index >= 15 is 0 Å². The highest BCUT2D eigenvalue weighted by atomic mass is 32.2. The molecule has 1 atom stereocenters. The van der Waals surface area contributed by atoms with Gasteiger partial charge in [0.2, 0.25) is 10.0 Å². The van der Waals surface area contributed by atoms with E-state index in [0.717, 1.165) is 18.4 Å². The fourth-order valence-electron chi connectivity index (χ4n) is 2.15. The first-order chi connectivity index (χ1) is 8.00. The molecule has 1 aromatic rings. The summed E-state index contributed by atoms with van der Waals surface area (Å²) in [4.78, 5) is 0. The summed E-state index contributed by atoms with van der Waals surface area (Å²) in [5, 5.41) is 0. The molecular formula is C12H16FNO2S. The molecule has 0 aliphatic carbocycles. The molecule has 5 heteroatoms. The van der Waals surface area contributed by atoms with Crippen LogP contribution in [0.2, 0.25) is 0 Å². The van der Waals surface area contributed by atoms with Gasteiger partial charge in [0.15, 0.2) is 0 Å². The summed E-state index contributed by atoms with van der Waals surface area (Å²) in [6, 6.07) is 5.79. The summed E-state index contributed by atoms with van der Waals surface area (Å²) in [5.41, 5.74) is 0.830. The normalized spacial score (nSPS) is 22.2. The van der Waals surface area contributed by atoms with E-state index in [9.17, 15) is 12.8 Å². The molecule has 17 heavy (non-hydrogen) atoms. The smallest absolute Gasteiger partial charge is 0.212 e. The monoisotopic (exact) mass is 257 g/mol. The third-order valence-electron chi connectivity index (χ3n) is 3.17. The average Bonchev–Trinajstić information content (AvgIpc) is 2.28. The van der Waals surface area contributed by atoms with Crippen LogP contribution in [0.5, 0.6) is 0 Å². The second-order valence-corrected chi connectivity index (χ2v) is 6.40. The Morgan fingerprint density at radius 2 is 1.88 bits per heavy atom. The molecule has 1 aliphatic rings. The van der Waals surface area contributed by atoms with Crippen LogP contribution in [0.25, 0.3) is 0 Å². The molecule has 3 nitrogen and oxygen atoms in total. The third kappa shape index (κ3) is 2.66. The molecule has 94 valence electrons. The van der Waals surface area contributed by atoms with Crippen LogP contribution < -0.4 is 0 Å². The number of rotatable bonds is 2. The van der Waals surface area contributed by atoms with Gasteiger partial charge >= 0.3 is 0 Å². The van der Waals surface area contributed by atoms with Crippen LogP contribution in [0.4, 0.5) is 4.39 Å². The van der Waals surface area contributed by atoms with Gasteiger partial charge in [-0.3, -0.25) is 0 Å². The van der Waals surface area contributed by atoms with E-state index in [1.165, 1.54) is 16.4 Å². The lowest BCUT2D eigenvalue weighted by atomic mass is 10.1. The zero-order valence-electron chi connectivity index (χ0n) is 9.77. The van der Waals surface area contributed by atoms with Gasteiger partial charge in [-0.05, 0) is 37.5 Å². The molecular weight excluding hydrogens is 241 g/mol. The molecule has 0 aromatic heterocycles. The minimum Gasteiger partial charge on any atom is -0.212 e. The molecule has 0 radical (unpaired) electrons. The number of hydrogen-bond donors (Lipinski definition) is 0. The molecule has 0 bridgehead atoms. The number of nitrogens with zero attached hydrogens (tertiary/aromatic N) is 1. The van der Waals surface area contributed by atoms with E-state index in [-0.39, 0.29) is 17.6 Å². The summed E-state index contributed by atoms with van der Waals surface area (Å²) in [6.45, 7) is 2.40. The van der Waals surface area contributed by atoms with Crippen molar-refractivity contribution in [2.24, 2.45) is 0 Å². The summed E-state index contributed by atoms with van der Waals surface area (Å²) in [6.07, 6.45) is 1.62. The van der Waals surface area contributed by atoms with E-state index in [1.807, 2.05) is 6.92 Å². The van der Waals surface area contributed by atoms with Crippen molar-refractivity contribution in [1.29, 1.82) is 0 Å². The summed E-state index contributed by atoms with van der Waals surface area (Å²) >= 11 is 0. The third-order valence-corrected chi connectivity index (χ3v) is 5.19. The number of benzene rings is 1. The van der Waals surface area contributed by atoms with Crippen molar-refractivity contribution in [2.45, 2.75) is 25.8 Å². The highest BCUT2D eigenvalue weighted by Crippen LogP contribution is 2.27. The highest BCUT2D eigenvalue weighted by molar-refractivity contribution is 7.89. The van der Waals surface area contributed by atoms with Crippen LogP contribution in [0.3, 0.4) is 0 Å². The lowest BCUT2D eigenvalue weighted by Gasteiger charge is -2.31. The van der Waals surface area contributed by atoms with Crippen molar-refractivity contribution in [1.82, 2.24) is 4.31 Å². The number of hydrogen-bond acceptors (Lipinski definition) is 2. The molecule has 1 saturated heterocycles. The quantitative estimate of drug-likeness (QED) is 0.815. The van der Waals surface area contributed by atoms with Crippen LogP contribution in [-0.4, -0.2) is 25.0 Å². The predicted octanol–water partition coefficient (Wildman–Crippen LogP) is 2.31. The lowest BCUT2D eigenvalue weighted by molar-refractivity contribution is 0.322. The molecule has 1 fully saturated rings. The second-order valence-electron chi connectivity index (χ2n) is 4.36. The maximum atomic E-state index is 12.8. The Morgan fingerprint density at radius 3 is 2.47 bits per heavy atom. The maximum absolute atomic E-state index is 12.8. The standard InChI is InChI=1S/C12H16FNO2S/c1-10(11-4-6-12(13)7-5-11)14-8-2-3-9-17(14,15)16/h4-7,10H,2-3,8-9H2,1H3. The van der Waals surface area contributed by atoms with Crippen LogP contribution >= 0.6 is 0 Å². The first kappa shape index (κ1) is 12.5. The van der Waals surface area contributed by atoms with Crippen LogP contribution in [0.15, 0.2) is 24.3 Å². The molecule has 0 amide bonds. The van der Waals surface area contributed by atoms with Crippen LogP contribution in [-0.2, 0) is 10.0 Å². The minimum atomic E-state index is -3.14. The summed E-state index contributed by atoms with van der Waals surface area (Å²) in [7, 11) is -3.14. The largest absolute Gasteiger partial charge is 0.214 e. The maximum Gasteiger partial charge on any atom is 0.214 e. The van der Waals surface area contributed by atoms with Crippen molar-refractivity contribution < 1.29 is 12.8 Å². The first-order valence-corrected chi connectivity index (χ1v) is 7.36. The van der Waals surface area contributed by atoms with Gasteiger partial charge in [0.25, 0.3) is 0 Å². The molecule has 0 saturated carbocycles. The Balaban J connectivity index is 2.24. The SMILES string of the molecule is CC(c1ccc(F)cc1)N1CCCCS1(=O)=O. The van der Waals surface area contributed by atoms with Gasteiger partial charge in [-0.25, -0.2) is 12.8 Å². The Labute approximate surface area is 101 Å². The topological polar surface area (TPSA) is 37.4 Å². The Bertz CT molecular complexity index is 484. The number of halogens is 1. The van der Waals surface area contributed by atoms with Crippen molar-refractivity contribution in [3.8, 4) is 0 Å². The molecule has 0 N–H and O–H groups in total. The van der Waals surface area contributed by atoms with E-state index < -0.39 is 10.0 Å². The molecule has 0 spiro atoms. The van der Waals surface area contributed by atoms with Gasteiger partial charge in [0, 0.05) is 12.6 Å². The molecule has 1 aliphatic heterocycles. The van der Waals surface area contributed by atoms with E-state index in [2.05, 4.69) is 0 Å². The Kier molecular flexibility index (Phi) is 3.49. The minimum absolute atomic E-state index is 0.221. The summed E-state index contributed by atoms with van der Waals surface area (Å²) < 4.78 is 38.2. The predicted molar refractivity (Wildman–Crippen MR) is 64.5 cm³/mol. The van der Waals surface area contributed by atoms with Gasteiger partial charge in [-0.2, -0.15) is 4.31 Å². The van der Waals surface area contributed by atoms with E-state index in [0.29, 0.717) is 6.54 Å². The zero-order valence-corrected chi connectivity index (χ0v) is 10.6. The van der Waals surface area contributed by atoms with E-state index in [4.69, 9.17) is 0 Å². The van der Waals surface area contributed by atoms with Crippen molar-refractivity contribution >= 4 is 10.0 Å². The van der Waals surface area contributed by atoms with Gasteiger partial charge in [-0.15, -0.1) is 0 Å². The van der Waals surface area contributed by atoms with Crippen LogP contribution in [0.1, 0.15) is 31.4 Å². The molecule has 1 unspecified atom stereocenters. The Hall–Kier alpha value is -0.940. The summed E-state index contributed by atoms with van der Waals surface area (Å²) in [5.74, 6) is -0.0825. The fraction of sp³-hybridized carbons (Fsp3) is 0.500. The molecule has 1 heterocycles. The van der Waals surface area contributed by atoms with Crippen molar-refractivity contribution in [2.75, 3.05) is 12.3 Å². The van der Waals surface area contributed by atoms with Gasteiger partial charge in [0.05, 0.1) is 5.75 Å². The zero-order chi connectivity index (χ0) is 12.5. The van der Waals surface area contributed by atoms with Crippen molar-refractivity contribution in [3.63, 3.8) is 0 Å². The second kappa shape index (κ2) is 4.74. The van der Waals surface area contributed by atoms with Gasteiger partial charge < -0.3 is 0 Å². The van der Waals surface area contributed by atoms with Gasteiger partial charge in [-0.1, -0.05) is 12.1 Å². The van der Waals surface area contributed by atoms with Crippen molar-refractivity contribution in [3.05, 3.63) is 35.6 Å². The Morgan fingerprint density at radius 1 is 1.24 bits per heavy atom. The average molecular weight is 257 g/mol. The fourth-order valence-corrected chi connectivity index (χ4v) is 3.96. The lowest BCUT2D eigenvalue weighted by Crippen LogP contribution is -2.39. The molecule has 2 rings (SSSR count). The van der Waals surface area contributed by atoms with Gasteiger partial charge in [0.1, 0.15) is 5.82 Å². The first-order valence-electron chi connectivity index (χ1n) is 5.76. The van der Waals surface area contributed by atoms with E-state index in [1.54, 1.807) is 12.1 Å². The van der Waals surface area contributed by atoms with Crippen LogP contribution in [0, 0.1) is 5.82 Å².